The Labute approximate surface area is 168 Å². The highest BCUT2D eigenvalue weighted by Gasteiger charge is 2.21. The lowest BCUT2D eigenvalue weighted by molar-refractivity contribution is 0.0659. The highest BCUT2D eigenvalue weighted by Crippen LogP contribution is 2.33. The van der Waals surface area contributed by atoms with Crippen molar-refractivity contribution in [3.05, 3.63) is 35.5 Å². The molecule has 1 aliphatic rings. The maximum absolute atomic E-state index is 10.1. The fraction of sp³-hybridized carbons (Fsp3) is 0.429. The van der Waals surface area contributed by atoms with Gasteiger partial charge in [-0.15, -0.1) is 10.2 Å². The molecule has 0 unspecified atom stereocenters. The molecule has 29 heavy (non-hydrogen) atoms. The van der Waals surface area contributed by atoms with Gasteiger partial charge in [0.05, 0.1) is 30.1 Å². The topological polar surface area (TPSA) is 106 Å². The zero-order valence-electron chi connectivity index (χ0n) is 16.9. The van der Waals surface area contributed by atoms with Gasteiger partial charge in [0.2, 0.25) is 0 Å². The van der Waals surface area contributed by atoms with Crippen LogP contribution in [-0.2, 0) is 11.2 Å². The van der Waals surface area contributed by atoms with Crippen LogP contribution in [0.25, 0.3) is 22.3 Å². The summed E-state index contributed by atoms with van der Waals surface area (Å²) in [6, 6.07) is 3.73. The third kappa shape index (κ3) is 3.55. The third-order valence-electron chi connectivity index (χ3n) is 5.43. The molecule has 0 spiro atoms. The first kappa shape index (κ1) is 19.3. The molecule has 1 saturated heterocycles. The number of fused-ring (bicyclic) bond motifs is 3. The summed E-state index contributed by atoms with van der Waals surface area (Å²) in [6.45, 7) is 4.79. The van der Waals surface area contributed by atoms with Gasteiger partial charge in [0.25, 0.3) is 0 Å². The number of aliphatic hydroxyl groups is 1. The number of ether oxygens (including phenoxy) is 2. The van der Waals surface area contributed by atoms with E-state index in [1.807, 2.05) is 16.5 Å². The van der Waals surface area contributed by atoms with Crippen LogP contribution >= 0.6 is 0 Å². The van der Waals surface area contributed by atoms with Crippen molar-refractivity contribution in [1.82, 2.24) is 19.6 Å². The van der Waals surface area contributed by atoms with Crippen molar-refractivity contribution in [3.63, 3.8) is 0 Å². The number of aromatic nitrogens is 4. The van der Waals surface area contributed by atoms with Crippen LogP contribution in [0.5, 0.6) is 5.75 Å². The number of rotatable bonds is 5. The average Bonchev–Trinajstić information content (AvgIpc) is 3.11. The molecular weight excluding hydrogens is 370 g/mol. The summed E-state index contributed by atoms with van der Waals surface area (Å²) in [5, 5.41) is 26.9. The first-order valence-corrected chi connectivity index (χ1v) is 9.73. The van der Waals surface area contributed by atoms with Gasteiger partial charge in [-0.2, -0.15) is 0 Å². The number of benzene rings is 1. The van der Waals surface area contributed by atoms with Crippen molar-refractivity contribution in [2.24, 2.45) is 5.92 Å². The Morgan fingerprint density at radius 3 is 2.69 bits per heavy atom. The van der Waals surface area contributed by atoms with E-state index in [0.29, 0.717) is 28.5 Å². The van der Waals surface area contributed by atoms with Gasteiger partial charge in [-0.1, -0.05) is 0 Å². The normalized spacial score (nSPS) is 16.2. The molecule has 3 aromatic rings. The number of allylic oxidation sites excluding steroid dienone is 2. The molecule has 1 aromatic carbocycles. The van der Waals surface area contributed by atoms with E-state index in [-0.39, 0.29) is 11.5 Å². The van der Waals surface area contributed by atoms with Crippen molar-refractivity contribution in [2.45, 2.75) is 33.1 Å². The second-order valence-corrected chi connectivity index (χ2v) is 7.45. The number of nitrogens with one attached hydrogen (secondary N) is 1. The van der Waals surface area contributed by atoms with Crippen LogP contribution < -0.4 is 4.74 Å². The Bertz CT molecular complexity index is 1110. The minimum Gasteiger partial charge on any atom is -0.512 e. The number of nitrogens with zero attached hydrogens (tertiary/aromatic N) is 4. The maximum atomic E-state index is 10.1. The van der Waals surface area contributed by atoms with E-state index in [9.17, 15) is 5.11 Å². The van der Waals surface area contributed by atoms with Gasteiger partial charge in [0.15, 0.2) is 5.65 Å². The van der Waals surface area contributed by atoms with Crippen LogP contribution in [0.1, 0.15) is 38.1 Å². The average molecular weight is 395 g/mol. The van der Waals surface area contributed by atoms with E-state index in [0.717, 1.165) is 49.3 Å². The molecule has 1 aliphatic heterocycles. The van der Waals surface area contributed by atoms with Crippen molar-refractivity contribution < 1.29 is 14.6 Å². The summed E-state index contributed by atoms with van der Waals surface area (Å²) in [4.78, 5) is 4.53. The Morgan fingerprint density at radius 2 is 2.03 bits per heavy atom. The first-order chi connectivity index (χ1) is 14.0. The largest absolute Gasteiger partial charge is 0.512 e. The molecule has 2 aromatic heterocycles. The zero-order valence-corrected chi connectivity index (χ0v) is 16.9. The molecule has 2 N–H and O–H groups in total. The lowest BCUT2D eigenvalue weighted by atomic mass is 9.96. The molecule has 4 rings (SSSR count). The molecule has 0 amide bonds. The third-order valence-corrected chi connectivity index (χ3v) is 5.43. The van der Waals surface area contributed by atoms with Crippen molar-refractivity contribution in [3.8, 4) is 5.75 Å². The lowest BCUT2D eigenvalue weighted by Gasteiger charge is -2.21. The summed E-state index contributed by atoms with van der Waals surface area (Å²) >= 11 is 0. The second kappa shape index (κ2) is 7.79. The summed E-state index contributed by atoms with van der Waals surface area (Å²) in [6.07, 6.45) is 4.57. The van der Waals surface area contributed by atoms with Gasteiger partial charge in [-0.05, 0) is 38.7 Å². The molecular formula is C21H25N5O3. The number of hydrogen-bond acceptors (Lipinski definition) is 7. The summed E-state index contributed by atoms with van der Waals surface area (Å²) in [5.74, 6) is 2.05. The molecule has 152 valence electrons. The second-order valence-electron chi connectivity index (χ2n) is 7.45. The van der Waals surface area contributed by atoms with E-state index in [1.165, 1.54) is 0 Å². The van der Waals surface area contributed by atoms with E-state index < -0.39 is 0 Å². The molecule has 0 aliphatic carbocycles. The predicted octanol–water partition coefficient (Wildman–Crippen LogP) is 3.58. The molecule has 0 saturated carbocycles. The Kier molecular flexibility index (Phi) is 5.19. The number of hydrogen-bond donors (Lipinski definition) is 2. The lowest BCUT2D eigenvalue weighted by Crippen LogP contribution is -2.18. The minimum atomic E-state index is 0.0701. The monoisotopic (exact) mass is 395 g/mol. The predicted molar refractivity (Wildman–Crippen MR) is 111 cm³/mol. The van der Waals surface area contributed by atoms with Gasteiger partial charge < -0.3 is 20.0 Å². The molecule has 3 heterocycles. The van der Waals surface area contributed by atoms with Crippen molar-refractivity contribution >= 4 is 28.0 Å². The van der Waals surface area contributed by atoms with E-state index in [1.54, 1.807) is 27.2 Å². The minimum absolute atomic E-state index is 0.0701. The zero-order chi connectivity index (χ0) is 20.5. The van der Waals surface area contributed by atoms with Crippen molar-refractivity contribution in [1.29, 1.82) is 5.41 Å². The quantitative estimate of drug-likeness (QED) is 0.505. The summed E-state index contributed by atoms with van der Waals surface area (Å²) in [7, 11) is 1.58. The standard InChI is InChI=1S/C21H25N5O3/c1-12(22)21(13(2)27)15-9-16-17(10-18(15)28-3)26-19(24-25-20(26)11-23-16)8-14-4-6-29-7-5-14/h9-11,14,22,27H,4-8H2,1-3H3/b21-13+,22-12?. The van der Waals surface area contributed by atoms with Crippen LogP contribution in [0.3, 0.4) is 0 Å². The molecule has 1 fully saturated rings. The Hall–Kier alpha value is -3.00. The molecule has 0 radical (unpaired) electrons. The first-order valence-electron chi connectivity index (χ1n) is 9.73. The van der Waals surface area contributed by atoms with Gasteiger partial charge in [-0.3, -0.25) is 9.38 Å². The summed E-state index contributed by atoms with van der Waals surface area (Å²) < 4.78 is 13.1. The van der Waals surface area contributed by atoms with Gasteiger partial charge in [0, 0.05) is 42.5 Å². The van der Waals surface area contributed by atoms with Gasteiger partial charge in [-0.25, -0.2) is 0 Å². The van der Waals surface area contributed by atoms with Crippen LogP contribution in [0.15, 0.2) is 24.1 Å². The smallest absolute Gasteiger partial charge is 0.179 e. The van der Waals surface area contributed by atoms with Crippen LogP contribution in [0.2, 0.25) is 0 Å². The van der Waals surface area contributed by atoms with E-state index in [4.69, 9.17) is 14.9 Å². The van der Waals surface area contributed by atoms with E-state index >= 15 is 0 Å². The SMILES string of the molecule is COc1cc2c(cc1/C(C(C)=N)=C(\C)O)ncc1nnc(CC3CCOCC3)n12. The van der Waals surface area contributed by atoms with Gasteiger partial charge >= 0.3 is 0 Å². The molecule has 8 nitrogen and oxygen atoms in total. The molecule has 8 heteroatoms. The van der Waals surface area contributed by atoms with Crippen LogP contribution in [0, 0.1) is 11.3 Å². The Balaban J connectivity index is 1.89. The highest BCUT2D eigenvalue weighted by molar-refractivity contribution is 6.22. The Morgan fingerprint density at radius 1 is 1.28 bits per heavy atom. The van der Waals surface area contributed by atoms with E-state index in [2.05, 4.69) is 15.2 Å². The number of methoxy groups -OCH3 is 1. The fourth-order valence-corrected chi connectivity index (χ4v) is 4.02. The molecule has 0 atom stereocenters. The number of aliphatic hydroxyl groups excluding tert-OH is 1. The highest BCUT2D eigenvalue weighted by atomic mass is 16.5. The fourth-order valence-electron chi connectivity index (χ4n) is 4.02. The molecule has 0 bridgehead atoms. The van der Waals surface area contributed by atoms with Crippen LogP contribution in [0.4, 0.5) is 0 Å². The maximum Gasteiger partial charge on any atom is 0.179 e. The van der Waals surface area contributed by atoms with Crippen molar-refractivity contribution in [2.75, 3.05) is 20.3 Å². The summed E-state index contributed by atoms with van der Waals surface area (Å²) in [5.41, 5.74) is 3.59. The van der Waals surface area contributed by atoms with Gasteiger partial charge in [0.1, 0.15) is 11.6 Å². The van der Waals surface area contributed by atoms with Crippen LogP contribution in [-0.4, -0.2) is 50.7 Å².